The van der Waals surface area contributed by atoms with Crippen LogP contribution in [0.25, 0.3) is 0 Å². The first-order valence-corrected chi connectivity index (χ1v) is 9.77. The predicted molar refractivity (Wildman–Crippen MR) is 106 cm³/mol. The molecular weight excluding hydrogens is 356 g/mol. The van der Waals surface area contributed by atoms with E-state index in [1.807, 2.05) is 4.90 Å². The van der Waals surface area contributed by atoms with Gasteiger partial charge >= 0.3 is 0 Å². The fourth-order valence-electron chi connectivity index (χ4n) is 3.80. The Kier molecular flexibility index (Phi) is 5.19. The van der Waals surface area contributed by atoms with Gasteiger partial charge in [-0.1, -0.05) is 6.92 Å². The fraction of sp³-hybridized carbons (Fsp3) is 0.364. The van der Waals surface area contributed by atoms with Crippen LogP contribution < -0.4 is 14.8 Å². The third-order valence-electron chi connectivity index (χ3n) is 5.38. The number of hydrogen-bond acceptors (Lipinski definition) is 4. The van der Waals surface area contributed by atoms with Gasteiger partial charge in [-0.3, -0.25) is 9.59 Å². The molecule has 1 saturated heterocycles. The van der Waals surface area contributed by atoms with E-state index in [4.69, 9.17) is 9.47 Å². The van der Waals surface area contributed by atoms with Crippen LogP contribution in [0.5, 0.6) is 11.5 Å². The Balaban J connectivity index is 1.43. The van der Waals surface area contributed by atoms with Crippen LogP contribution in [0, 0.1) is 0 Å². The van der Waals surface area contributed by atoms with Crippen LogP contribution in [-0.4, -0.2) is 36.1 Å². The Morgan fingerprint density at radius 1 is 1.04 bits per heavy atom. The number of nitrogens with zero attached hydrogens (tertiary/aromatic N) is 1. The van der Waals surface area contributed by atoms with Gasteiger partial charge in [0.15, 0.2) is 11.5 Å². The van der Waals surface area contributed by atoms with E-state index < -0.39 is 0 Å². The van der Waals surface area contributed by atoms with E-state index in [0.717, 1.165) is 25.8 Å². The second-order valence-corrected chi connectivity index (χ2v) is 7.16. The minimum Gasteiger partial charge on any atom is -0.454 e. The minimum absolute atomic E-state index is 0.0503. The number of piperidine rings is 1. The number of carbonyl (C=O) groups excluding carboxylic acids is 2. The summed E-state index contributed by atoms with van der Waals surface area (Å²) >= 11 is 0. The second-order valence-electron chi connectivity index (χ2n) is 7.16. The molecule has 0 aromatic heterocycles. The molecule has 0 saturated carbocycles. The molecule has 2 aliphatic rings. The zero-order valence-corrected chi connectivity index (χ0v) is 15.9. The number of benzene rings is 2. The van der Waals surface area contributed by atoms with Gasteiger partial charge in [0.25, 0.3) is 11.8 Å². The Morgan fingerprint density at radius 2 is 1.79 bits per heavy atom. The molecule has 2 amide bonds. The van der Waals surface area contributed by atoms with E-state index in [9.17, 15) is 9.59 Å². The molecule has 2 aromatic carbocycles. The number of hydrogen-bond donors (Lipinski definition) is 1. The van der Waals surface area contributed by atoms with Crippen molar-refractivity contribution in [2.24, 2.45) is 0 Å². The van der Waals surface area contributed by atoms with Crippen LogP contribution in [0.15, 0.2) is 42.5 Å². The maximum Gasteiger partial charge on any atom is 0.255 e. The molecule has 1 fully saturated rings. The molecule has 4 rings (SSSR count). The third-order valence-corrected chi connectivity index (χ3v) is 5.38. The Labute approximate surface area is 164 Å². The summed E-state index contributed by atoms with van der Waals surface area (Å²) in [6.07, 6.45) is 4.28. The Bertz CT molecular complexity index is 879. The lowest BCUT2D eigenvalue weighted by Crippen LogP contribution is -2.43. The standard InChI is InChI=1S/C22H24N2O4/c1-2-18-5-3-4-12-24(18)22(26)16-8-6-15(7-9-16)21(25)23-17-10-11-19-20(13-17)28-14-27-19/h6-11,13,18H,2-5,12,14H2,1H3,(H,23,25). The van der Waals surface area contributed by atoms with Gasteiger partial charge < -0.3 is 19.7 Å². The Hall–Kier alpha value is -3.02. The summed E-state index contributed by atoms with van der Waals surface area (Å²) < 4.78 is 10.6. The van der Waals surface area contributed by atoms with Crippen molar-refractivity contribution in [1.82, 2.24) is 4.90 Å². The first-order chi connectivity index (χ1) is 13.7. The van der Waals surface area contributed by atoms with E-state index in [1.54, 1.807) is 42.5 Å². The van der Waals surface area contributed by atoms with Crippen LogP contribution in [0.4, 0.5) is 5.69 Å². The SMILES string of the molecule is CCC1CCCCN1C(=O)c1ccc(C(=O)Nc2ccc3c(c2)OCO3)cc1. The lowest BCUT2D eigenvalue weighted by molar-refractivity contribution is 0.0607. The van der Waals surface area contributed by atoms with Crippen molar-refractivity contribution < 1.29 is 19.1 Å². The molecule has 1 unspecified atom stereocenters. The number of amides is 2. The highest BCUT2D eigenvalue weighted by atomic mass is 16.7. The number of carbonyl (C=O) groups is 2. The molecule has 0 spiro atoms. The summed E-state index contributed by atoms with van der Waals surface area (Å²) in [7, 11) is 0. The predicted octanol–water partition coefficient (Wildman–Crippen LogP) is 4.07. The number of ether oxygens (including phenoxy) is 2. The van der Waals surface area contributed by atoms with Crippen molar-refractivity contribution in [2.45, 2.75) is 38.6 Å². The lowest BCUT2D eigenvalue weighted by atomic mass is 9.98. The van der Waals surface area contributed by atoms with Gasteiger partial charge in [0, 0.05) is 35.5 Å². The van der Waals surface area contributed by atoms with Crippen LogP contribution in [0.1, 0.15) is 53.3 Å². The number of anilines is 1. The molecule has 28 heavy (non-hydrogen) atoms. The maximum absolute atomic E-state index is 12.8. The van der Waals surface area contributed by atoms with Crippen LogP contribution >= 0.6 is 0 Å². The largest absolute Gasteiger partial charge is 0.454 e. The number of rotatable bonds is 4. The fourth-order valence-corrected chi connectivity index (χ4v) is 3.80. The molecule has 1 N–H and O–H groups in total. The lowest BCUT2D eigenvalue weighted by Gasteiger charge is -2.35. The molecular formula is C22H24N2O4. The van der Waals surface area contributed by atoms with Gasteiger partial charge in [-0.15, -0.1) is 0 Å². The third kappa shape index (κ3) is 3.67. The molecule has 0 radical (unpaired) electrons. The van der Waals surface area contributed by atoms with Crippen molar-refractivity contribution in [2.75, 3.05) is 18.7 Å². The average molecular weight is 380 g/mol. The maximum atomic E-state index is 12.8. The summed E-state index contributed by atoms with van der Waals surface area (Å²) in [5, 5.41) is 2.85. The summed E-state index contributed by atoms with van der Waals surface area (Å²) in [6, 6.07) is 12.4. The van der Waals surface area contributed by atoms with Gasteiger partial charge in [0.1, 0.15) is 0 Å². The van der Waals surface area contributed by atoms with Crippen molar-refractivity contribution in [3.63, 3.8) is 0 Å². The van der Waals surface area contributed by atoms with Crippen LogP contribution in [0.2, 0.25) is 0 Å². The topological polar surface area (TPSA) is 67.9 Å². The normalized spacial score (nSPS) is 18.0. The number of likely N-dealkylation sites (tertiary alicyclic amines) is 1. The van der Waals surface area contributed by atoms with Crippen molar-refractivity contribution in [3.8, 4) is 11.5 Å². The monoisotopic (exact) mass is 380 g/mol. The molecule has 0 aliphatic carbocycles. The first-order valence-electron chi connectivity index (χ1n) is 9.77. The molecule has 6 nitrogen and oxygen atoms in total. The van der Waals surface area contributed by atoms with Gasteiger partial charge in [-0.05, 0) is 62.1 Å². The molecule has 2 heterocycles. The molecule has 6 heteroatoms. The van der Waals surface area contributed by atoms with Crippen molar-refractivity contribution >= 4 is 17.5 Å². The van der Waals surface area contributed by atoms with Gasteiger partial charge in [0.05, 0.1) is 0 Å². The van der Waals surface area contributed by atoms with E-state index in [1.165, 1.54) is 6.42 Å². The van der Waals surface area contributed by atoms with Gasteiger partial charge in [-0.25, -0.2) is 0 Å². The van der Waals surface area contributed by atoms with Crippen LogP contribution in [0.3, 0.4) is 0 Å². The summed E-state index contributed by atoms with van der Waals surface area (Å²) in [5.41, 5.74) is 1.76. The zero-order valence-electron chi connectivity index (χ0n) is 15.9. The van der Waals surface area contributed by atoms with E-state index in [-0.39, 0.29) is 18.6 Å². The average Bonchev–Trinajstić information content (AvgIpc) is 3.21. The molecule has 146 valence electrons. The molecule has 2 aliphatic heterocycles. The zero-order chi connectivity index (χ0) is 19.5. The minimum atomic E-state index is -0.234. The number of fused-ring (bicyclic) bond motifs is 1. The highest BCUT2D eigenvalue weighted by Crippen LogP contribution is 2.34. The second kappa shape index (κ2) is 7.92. The summed E-state index contributed by atoms with van der Waals surface area (Å²) in [6.45, 7) is 3.13. The quantitative estimate of drug-likeness (QED) is 0.868. The van der Waals surface area contributed by atoms with E-state index in [2.05, 4.69) is 12.2 Å². The first kappa shape index (κ1) is 18.3. The van der Waals surface area contributed by atoms with Crippen molar-refractivity contribution in [3.05, 3.63) is 53.6 Å². The number of nitrogens with one attached hydrogen (secondary N) is 1. The summed E-state index contributed by atoms with van der Waals surface area (Å²) in [5.74, 6) is 1.10. The van der Waals surface area contributed by atoms with Crippen molar-refractivity contribution in [1.29, 1.82) is 0 Å². The van der Waals surface area contributed by atoms with Gasteiger partial charge in [-0.2, -0.15) is 0 Å². The van der Waals surface area contributed by atoms with E-state index in [0.29, 0.717) is 34.4 Å². The summed E-state index contributed by atoms with van der Waals surface area (Å²) in [4.78, 5) is 27.3. The van der Waals surface area contributed by atoms with E-state index >= 15 is 0 Å². The molecule has 1 atom stereocenters. The molecule has 2 aromatic rings. The highest BCUT2D eigenvalue weighted by molar-refractivity contribution is 6.05. The highest BCUT2D eigenvalue weighted by Gasteiger charge is 2.26. The van der Waals surface area contributed by atoms with Gasteiger partial charge in [0.2, 0.25) is 6.79 Å². The smallest absolute Gasteiger partial charge is 0.255 e. The molecule has 0 bridgehead atoms. The van der Waals surface area contributed by atoms with Crippen LogP contribution in [-0.2, 0) is 0 Å². The Morgan fingerprint density at radius 3 is 2.57 bits per heavy atom.